The van der Waals surface area contributed by atoms with E-state index in [1.807, 2.05) is 30.3 Å². The molecule has 1 saturated heterocycles. The van der Waals surface area contributed by atoms with Gasteiger partial charge in [-0.25, -0.2) is 0 Å². The van der Waals surface area contributed by atoms with Gasteiger partial charge in [0.1, 0.15) is 11.5 Å². The van der Waals surface area contributed by atoms with Crippen molar-refractivity contribution < 1.29 is 14.6 Å². The van der Waals surface area contributed by atoms with Gasteiger partial charge in [-0.2, -0.15) is 0 Å². The van der Waals surface area contributed by atoms with Crippen molar-refractivity contribution in [2.24, 2.45) is 0 Å². The van der Waals surface area contributed by atoms with E-state index in [4.69, 9.17) is 4.74 Å². The van der Waals surface area contributed by atoms with Gasteiger partial charge in [0, 0.05) is 42.9 Å². The topological polar surface area (TPSA) is 53.0 Å². The fraction of sp³-hybridized carbons (Fsp3) is 0.192. The molecule has 3 aromatic carbocycles. The Balaban J connectivity index is 1.34. The summed E-state index contributed by atoms with van der Waals surface area (Å²) in [5.41, 5.74) is 3.27. The third kappa shape index (κ3) is 4.16. The number of phenolic OH excluding ortho intramolecular Hbond substituents is 1. The molecule has 3 aromatic rings. The van der Waals surface area contributed by atoms with E-state index in [2.05, 4.69) is 50.0 Å². The Bertz CT molecular complexity index is 1180. The second-order valence-corrected chi connectivity index (χ2v) is 8.95. The molecule has 0 amide bonds. The summed E-state index contributed by atoms with van der Waals surface area (Å²) in [6.45, 7) is 4.09. The zero-order valence-electron chi connectivity index (χ0n) is 17.5. The van der Waals surface area contributed by atoms with Gasteiger partial charge in [-0.05, 0) is 48.0 Å². The van der Waals surface area contributed by atoms with Gasteiger partial charge in [-0.15, -0.1) is 0 Å². The summed E-state index contributed by atoms with van der Waals surface area (Å²) in [7, 11) is 0. The van der Waals surface area contributed by atoms with E-state index >= 15 is 0 Å². The molecule has 162 valence electrons. The lowest BCUT2D eigenvalue weighted by molar-refractivity contribution is 0.101. The van der Waals surface area contributed by atoms with E-state index < -0.39 is 0 Å². The maximum atomic E-state index is 12.9. The van der Waals surface area contributed by atoms with Crippen molar-refractivity contribution in [3.05, 3.63) is 93.7 Å². The van der Waals surface area contributed by atoms with Crippen LogP contribution < -0.4 is 9.64 Å². The van der Waals surface area contributed by atoms with E-state index in [0.717, 1.165) is 36.2 Å². The lowest BCUT2D eigenvalue weighted by Crippen LogP contribution is -2.46. The number of aromatic hydroxyl groups is 1. The van der Waals surface area contributed by atoms with Crippen LogP contribution in [0.2, 0.25) is 0 Å². The summed E-state index contributed by atoms with van der Waals surface area (Å²) < 4.78 is 6.94. The van der Waals surface area contributed by atoms with E-state index in [9.17, 15) is 9.90 Å². The van der Waals surface area contributed by atoms with Crippen LogP contribution in [0.3, 0.4) is 0 Å². The average molecular weight is 491 g/mol. The molecule has 0 aliphatic carbocycles. The molecular weight excluding hydrogens is 468 g/mol. The van der Waals surface area contributed by atoms with Crippen molar-refractivity contribution in [1.82, 2.24) is 4.90 Å². The second-order valence-electron chi connectivity index (χ2n) is 8.03. The minimum atomic E-state index is -0.157. The molecule has 2 heterocycles. The predicted octanol–water partition coefficient (Wildman–Crippen LogP) is 5.09. The fourth-order valence-corrected chi connectivity index (χ4v) is 4.64. The van der Waals surface area contributed by atoms with Crippen molar-refractivity contribution in [2.75, 3.05) is 31.1 Å². The van der Waals surface area contributed by atoms with Gasteiger partial charge in [0.25, 0.3) is 0 Å². The number of rotatable bonds is 4. The normalized spacial score (nSPS) is 17.5. The first-order valence-electron chi connectivity index (χ1n) is 10.7. The van der Waals surface area contributed by atoms with Crippen LogP contribution in [-0.2, 0) is 6.54 Å². The third-order valence-corrected chi connectivity index (χ3v) is 6.43. The number of Topliss-reactive ketones (excluding diaryl/α,β-unsaturated/α-hetero) is 1. The van der Waals surface area contributed by atoms with Crippen molar-refractivity contribution in [3.63, 3.8) is 0 Å². The maximum absolute atomic E-state index is 12.9. The van der Waals surface area contributed by atoms with Gasteiger partial charge < -0.3 is 14.7 Å². The van der Waals surface area contributed by atoms with Gasteiger partial charge >= 0.3 is 0 Å². The van der Waals surface area contributed by atoms with E-state index in [1.54, 1.807) is 18.2 Å². The number of ketones is 1. The molecular formula is C26H23BrN2O3. The molecule has 5 rings (SSSR count). The number of carbonyl (C=O) groups excluding carboxylic acids is 1. The number of halogens is 1. The summed E-state index contributed by atoms with van der Waals surface area (Å²) >= 11 is 3.45. The standard InChI is InChI=1S/C26H23BrN2O3/c27-19-6-4-5-18(15-19)16-24-25(31)21-9-10-23(30)22(26(21)32-24)17-28-11-13-29(14-12-28)20-7-2-1-3-8-20/h1-10,15-16,30H,11-14,17H2/b24-16-. The highest BCUT2D eigenvalue weighted by molar-refractivity contribution is 9.10. The summed E-state index contributed by atoms with van der Waals surface area (Å²) in [4.78, 5) is 17.6. The minimum absolute atomic E-state index is 0.157. The Morgan fingerprint density at radius 2 is 1.75 bits per heavy atom. The van der Waals surface area contributed by atoms with Crippen LogP contribution in [0.1, 0.15) is 21.5 Å². The van der Waals surface area contributed by atoms with Crippen molar-refractivity contribution in [1.29, 1.82) is 0 Å². The van der Waals surface area contributed by atoms with Crippen LogP contribution in [0.4, 0.5) is 5.69 Å². The van der Waals surface area contributed by atoms with Crippen LogP contribution in [0, 0.1) is 0 Å². The number of carbonyl (C=O) groups is 1. The minimum Gasteiger partial charge on any atom is -0.507 e. The molecule has 2 aliphatic heterocycles. The lowest BCUT2D eigenvalue weighted by atomic mass is 10.0. The number of piperazine rings is 1. The number of phenols is 1. The van der Waals surface area contributed by atoms with Gasteiger partial charge in [-0.1, -0.05) is 46.3 Å². The van der Waals surface area contributed by atoms with Crippen LogP contribution in [0.15, 0.2) is 77.0 Å². The number of hydrogen-bond acceptors (Lipinski definition) is 5. The van der Waals surface area contributed by atoms with E-state index in [1.165, 1.54) is 5.69 Å². The molecule has 0 spiro atoms. The van der Waals surface area contributed by atoms with Gasteiger partial charge in [0.2, 0.25) is 5.78 Å². The SMILES string of the molecule is O=C1/C(=C/c2cccc(Br)c2)Oc2c1ccc(O)c2CN1CCN(c2ccccc2)CC1. The van der Waals surface area contributed by atoms with Crippen molar-refractivity contribution >= 4 is 33.5 Å². The summed E-state index contributed by atoms with van der Waals surface area (Å²) in [6.07, 6.45) is 1.74. The Labute approximate surface area is 195 Å². The van der Waals surface area contributed by atoms with Crippen LogP contribution in [0.25, 0.3) is 6.08 Å². The van der Waals surface area contributed by atoms with Gasteiger partial charge in [0.15, 0.2) is 5.76 Å². The third-order valence-electron chi connectivity index (χ3n) is 5.94. The van der Waals surface area contributed by atoms with Gasteiger partial charge in [-0.3, -0.25) is 9.69 Å². The maximum Gasteiger partial charge on any atom is 0.231 e. The molecule has 6 heteroatoms. The number of benzene rings is 3. The number of allylic oxidation sites excluding steroid dienone is 1. The molecule has 0 radical (unpaired) electrons. The smallest absolute Gasteiger partial charge is 0.231 e. The van der Waals surface area contributed by atoms with Crippen molar-refractivity contribution in [2.45, 2.75) is 6.54 Å². The molecule has 0 bridgehead atoms. The zero-order chi connectivity index (χ0) is 22.1. The van der Waals surface area contributed by atoms with Crippen LogP contribution in [0.5, 0.6) is 11.5 Å². The molecule has 0 aromatic heterocycles. The summed E-state index contributed by atoms with van der Waals surface area (Å²) in [5, 5.41) is 10.6. The van der Waals surface area contributed by atoms with E-state index in [-0.39, 0.29) is 17.3 Å². The summed E-state index contributed by atoms with van der Waals surface area (Å²) in [6, 6.07) is 21.3. The van der Waals surface area contributed by atoms with Crippen LogP contribution in [-0.4, -0.2) is 42.0 Å². The monoisotopic (exact) mass is 490 g/mol. The molecule has 0 atom stereocenters. The largest absolute Gasteiger partial charge is 0.507 e. The van der Waals surface area contributed by atoms with Gasteiger partial charge in [0.05, 0.1) is 11.1 Å². The number of ether oxygens (including phenoxy) is 1. The first kappa shape index (κ1) is 20.8. The highest BCUT2D eigenvalue weighted by Gasteiger charge is 2.32. The Kier molecular flexibility index (Phi) is 5.72. The Hall–Kier alpha value is -3.09. The molecule has 1 fully saturated rings. The highest BCUT2D eigenvalue weighted by Crippen LogP contribution is 2.40. The number of anilines is 1. The first-order valence-corrected chi connectivity index (χ1v) is 11.4. The molecule has 1 N–H and O–H groups in total. The second kappa shape index (κ2) is 8.81. The molecule has 2 aliphatic rings. The van der Waals surface area contributed by atoms with Crippen LogP contribution >= 0.6 is 15.9 Å². The summed E-state index contributed by atoms with van der Waals surface area (Å²) in [5.74, 6) is 0.751. The first-order chi connectivity index (χ1) is 15.6. The lowest BCUT2D eigenvalue weighted by Gasteiger charge is -2.36. The van der Waals surface area contributed by atoms with Crippen molar-refractivity contribution in [3.8, 4) is 11.5 Å². The van der Waals surface area contributed by atoms with E-state index in [0.29, 0.717) is 23.4 Å². The number of nitrogens with zero attached hydrogens (tertiary/aromatic N) is 2. The average Bonchev–Trinajstić information content (AvgIpc) is 3.12. The molecule has 32 heavy (non-hydrogen) atoms. The molecule has 0 saturated carbocycles. The number of fused-ring (bicyclic) bond motifs is 1. The fourth-order valence-electron chi connectivity index (χ4n) is 4.22. The zero-order valence-corrected chi connectivity index (χ0v) is 19.1. The highest BCUT2D eigenvalue weighted by atomic mass is 79.9. The number of hydrogen-bond donors (Lipinski definition) is 1. The predicted molar refractivity (Wildman–Crippen MR) is 129 cm³/mol. The molecule has 0 unspecified atom stereocenters. The molecule has 5 nitrogen and oxygen atoms in total. The quantitative estimate of drug-likeness (QED) is 0.516. The Morgan fingerprint density at radius 3 is 2.50 bits per heavy atom. The Morgan fingerprint density at radius 1 is 0.969 bits per heavy atom. The number of para-hydroxylation sites is 1.